The molecular weight excluding hydrogens is 254 g/mol. The highest BCUT2D eigenvalue weighted by Gasteiger charge is 2.33. The molecule has 1 aromatic carbocycles. The van der Waals surface area contributed by atoms with E-state index in [1.807, 2.05) is 20.8 Å². The minimum atomic E-state index is -1.30. The fourth-order valence-electron chi connectivity index (χ4n) is 1.16. The highest BCUT2D eigenvalue weighted by atomic mass is 32.2. The first-order valence-electron chi connectivity index (χ1n) is 5.22. The number of carbonyl (C=O) groups excluding carboxylic acids is 1. The molecule has 0 aromatic heterocycles. The SMILES string of the molecule is COc1cccc(O)c1[S+]([O-])C(C)(C)C.NC=O. The molecule has 0 saturated carbocycles. The van der Waals surface area contributed by atoms with E-state index in [0.29, 0.717) is 10.6 Å². The van der Waals surface area contributed by atoms with E-state index < -0.39 is 15.9 Å². The standard InChI is InChI=1S/C11H16O3S.CH3NO/c1-11(2,3)15(13)10-8(12)6-5-7-9(10)14-4;2-1-3/h5-7,12H,1-4H3;1H,(H2,2,3). The van der Waals surface area contributed by atoms with Crippen LogP contribution in [0.4, 0.5) is 0 Å². The lowest BCUT2D eigenvalue weighted by atomic mass is 10.3. The fourth-order valence-corrected chi connectivity index (χ4v) is 2.36. The summed E-state index contributed by atoms with van der Waals surface area (Å²) >= 11 is -1.30. The van der Waals surface area contributed by atoms with E-state index in [9.17, 15) is 9.66 Å². The lowest BCUT2D eigenvalue weighted by molar-refractivity contribution is -0.106. The number of benzene rings is 1. The summed E-state index contributed by atoms with van der Waals surface area (Å²) in [4.78, 5) is 8.95. The molecule has 0 fully saturated rings. The van der Waals surface area contributed by atoms with Gasteiger partial charge < -0.3 is 20.1 Å². The van der Waals surface area contributed by atoms with Crippen LogP contribution >= 0.6 is 0 Å². The maximum absolute atomic E-state index is 12.1. The van der Waals surface area contributed by atoms with Gasteiger partial charge >= 0.3 is 0 Å². The van der Waals surface area contributed by atoms with E-state index in [2.05, 4.69) is 5.73 Å². The first-order valence-corrected chi connectivity index (χ1v) is 6.37. The van der Waals surface area contributed by atoms with Gasteiger partial charge in [-0.3, -0.25) is 4.79 Å². The molecule has 3 N–H and O–H groups in total. The zero-order chi connectivity index (χ0) is 14.3. The number of hydrogen-bond acceptors (Lipinski definition) is 4. The molecule has 1 unspecified atom stereocenters. The van der Waals surface area contributed by atoms with Crippen molar-refractivity contribution in [2.45, 2.75) is 30.4 Å². The Morgan fingerprint density at radius 3 is 2.33 bits per heavy atom. The first kappa shape index (κ1) is 16.6. The summed E-state index contributed by atoms with van der Waals surface area (Å²) in [7, 11) is 1.50. The Hall–Kier alpha value is -1.40. The molecule has 0 saturated heterocycles. The summed E-state index contributed by atoms with van der Waals surface area (Å²) in [5.41, 5.74) is 4.17. The largest absolute Gasteiger partial charge is 0.611 e. The highest BCUT2D eigenvalue weighted by Crippen LogP contribution is 2.37. The fraction of sp³-hybridized carbons (Fsp3) is 0.417. The summed E-state index contributed by atoms with van der Waals surface area (Å²) in [6, 6.07) is 4.87. The maximum atomic E-state index is 12.1. The van der Waals surface area contributed by atoms with Gasteiger partial charge in [-0.2, -0.15) is 0 Å². The van der Waals surface area contributed by atoms with Crippen LogP contribution in [0.3, 0.4) is 0 Å². The van der Waals surface area contributed by atoms with E-state index in [-0.39, 0.29) is 12.2 Å². The van der Waals surface area contributed by atoms with Crippen molar-refractivity contribution in [2.75, 3.05) is 7.11 Å². The molecule has 0 radical (unpaired) electrons. The molecule has 1 atom stereocenters. The third kappa shape index (κ3) is 4.46. The number of ether oxygens (including phenoxy) is 1. The second kappa shape index (κ2) is 7.13. The summed E-state index contributed by atoms with van der Waals surface area (Å²) in [6.07, 6.45) is 0.250. The second-order valence-corrected chi connectivity index (χ2v) is 6.50. The van der Waals surface area contributed by atoms with Crippen LogP contribution in [0, 0.1) is 0 Å². The smallest absolute Gasteiger partial charge is 0.236 e. The Morgan fingerprint density at radius 1 is 1.44 bits per heavy atom. The minimum absolute atomic E-state index is 0.0163. The number of methoxy groups -OCH3 is 1. The molecule has 5 nitrogen and oxygen atoms in total. The van der Waals surface area contributed by atoms with Crippen molar-refractivity contribution < 1.29 is 19.2 Å². The number of phenolic OH excluding ortho intramolecular Hbond substituents is 1. The lowest BCUT2D eigenvalue weighted by Crippen LogP contribution is -2.28. The number of amides is 1. The van der Waals surface area contributed by atoms with Gasteiger partial charge in [0.05, 0.1) is 7.11 Å². The normalized spacial score (nSPS) is 12.1. The number of carbonyl (C=O) groups is 1. The van der Waals surface area contributed by atoms with E-state index in [0.717, 1.165) is 0 Å². The Balaban J connectivity index is 0.000000873. The van der Waals surface area contributed by atoms with Crippen LogP contribution in [-0.4, -0.2) is 27.9 Å². The van der Waals surface area contributed by atoms with Gasteiger partial charge in [-0.1, -0.05) is 6.07 Å². The van der Waals surface area contributed by atoms with Gasteiger partial charge in [0.2, 0.25) is 11.3 Å². The third-order valence-electron chi connectivity index (χ3n) is 1.92. The van der Waals surface area contributed by atoms with Gasteiger partial charge in [-0.05, 0) is 44.1 Å². The van der Waals surface area contributed by atoms with Crippen molar-refractivity contribution in [2.24, 2.45) is 5.73 Å². The van der Waals surface area contributed by atoms with E-state index in [1.54, 1.807) is 12.1 Å². The van der Waals surface area contributed by atoms with Gasteiger partial charge in [0.15, 0.2) is 11.5 Å². The molecule has 1 rings (SSSR count). The molecular formula is C12H19NO4S. The molecule has 18 heavy (non-hydrogen) atoms. The quantitative estimate of drug-likeness (QED) is 0.629. The van der Waals surface area contributed by atoms with Gasteiger partial charge in [0.25, 0.3) is 0 Å². The topological polar surface area (TPSA) is 95.6 Å². The van der Waals surface area contributed by atoms with Gasteiger partial charge in [-0.25, -0.2) is 0 Å². The number of rotatable bonds is 2. The zero-order valence-corrected chi connectivity index (χ0v) is 11.8. The van der Waals surface area contributed by atoms with Gasteiger partial charge in [-0.15, -0.1) is 0 Å². The molecule has 0 aliphatic rings. The Kier molecular flexibility index (Phi) is 6.57. The van der Waals surface area contributed by atoms with Crippen LogP contribution in [0.1, 0.15) is 20.8 Å². The van der Waals surface area contributed by atoms with Gasteiger partial charge in [0, 0.05) is 0 Å². The lowest BCUT2D eigenvalue weighted by Gasteiger charge is -2.25. The van der Waals surface area contributed by atoms with Crippen LogP contribution in [0.5, 0.6) is 11.5 Å². The van der Waals surface area contributed by atoms with Crippen LogP contribution in [-0.2, 0) is 16.0 Å². The summed E-state index contributed by atoms with van der Waals surface area (Å²) < 4.78 is 16.8. The molecule has 0 aliphatic carbocycles. The predicted molar refractivity (Wildman–Crippen MR) is 71.1 cm³/mol. The zero-order valence-electron chi connectivity index (χ0n) is 11.0. The van der Waals surface area contributed by atoms with Crippen LogP contribution in [0.2, 0.25) is 0 Å². The molecule has 0 aliphatic heterocycles. The Labute approximate surface area is 110 Å². The summed E-state index contributed by atoms with van der Waals surface area (Å²) in [6.45, 7) is 5.57. The highest BCUT2D eigenvalue weighted by molar-refractivity contribution is 7.93. The molecule has 0 bridgehead atoms. The van der Waals surface area contributed by atoms with Crippen molar-refractivity contribution in [1.29, 1.82) is 0 Å². The van der Waals surface area contributed by atoms with Crippen molar-refractivity contribution in [3.05, 3.63) is 18.2 Å². The number of primary amides is 1. The van der Waals surface area contributed by atoms with Crippen LogP contribution < -0.4 is 10.5 Å². The van der Waals surface area contributed by atoms with E-state index in [1.165, 1.54) is 13.2 Å². The molecule has 0 spiro atoms. The van der Waals surface area contributed by atoms with Crippen molar-refractivity contribution in [1.82, 2.24) is 0 Å². The third-order valence-corrected chi connectivity index (χ3v) is 3.81. The number of nitrogens with two attached hydrogens (primary N) is 1. The average molecular weight is 273 g/mol. The second-order valence-electron chi connectivity index (χ2n) is 4.33. The van der Waals surface area contributed by atoms with E-state index >= 15 is 0 Å². The molecule has 1 aromatic rings. The number of aromatic hydroxyl groups is 1. The minimum Gasteiger partial charge on any atom is -0.611 e. The van der Waals surface area contributed by atoms with E-state index in [4.69, 9.17) is 9.53 Å². The maximum Gasteiger partial charge on any atom is 0.236 e. The monoisotopic (exact) mass is 273 g/mol. The van der Waals surface area contributed by atoms with Crippen molar-refractivity contribution >= 4 is 17.6 Å². The molecule has 0 heterocycles. The Bertz CT molecular complexity index is 390. The molecule has 102 valence electrons. The van der Waals surface area contributed by atoms with Crippen LogP contribution in [0.15, 0.2) is 23.1 Å². The summed E-state index contributed by atoms with van der Waals surface area (Å²) in [5, 5.41) is 9.68. The number of phenols is 1. The molecule has 6 heteroatoms. The first-order chi connectivity index (χ1) is 8.29. The number of hydrogen-bond donors (Lipinski definition) is 2. The molecule has 1 amide bonds. The Morgan fingerprint density at radius 2 is 1.94 bits per heavy atom. The summed E-state index contributed by atoms with van der Waals surface area (Å²) in [5.74, 6) is 0.478. The predicted octanol–water partition coefficient (Wildman–Crippen LogP) is 1.41. The average Bonchev–Trinajstić information content (AvgIpc) is 2.27. The van der Waals surface area contributed by atoms with Gasteiger partial charge in [0.1, 0.15) is 4.75 Å². The van der Waals surface area contributed by atoms with Crippen molar-refractivity contribution in [3.8, 4) is 11.5 Å². The van der Waals surface area contributed by atoms with Crippen LogP contribution in [0.25, 0.3) is 0 Å². The van der Waals surface area contributed by atoms with Crippen molar-refractivity contribution in [3.63, 3.8) is 0 Å².